The molecule has 0 saturated carbocycles. The van der Waals surface area contributed by atoms with Crippen LogP contribution in [0.4, 0.5) is 5.82 Å². The van der Waals surface area contributed by atoms with Crippen molar-refractivity contribution in [2.45, 2.75) is 11.5 Å². The van der Waals surface area contributed by atoms with E-state index in [0.717, 1.165) is 28.5 Å². The zero-order valence-electron chi connectivity index (χ0n) is 8.78. The first-order chi connectivity index (χ1) is 8.16. The normalized spacial score (nSPS) is 14.0. The largest absolute Gasteiger partial charge is 0.383 e. The van der Waals surface area contributed by atoms with E-state index in [1.54, 1.807) is 16.8 Å². The van der Waals surface area contributed by atoms with Gasteiger partial charge >= 0.3 is 0 Å². The number of nitrogens with zero attached hydrogens (tertiary/aromatic N) is 2. The van der Waals surface area contributed by atoms with Crippen LogP contribution in [0.1, 0.15) is 11.3 Å². The summed E-state index contributed by atoms with van der Waals surface area (Å²) in [5.74, 6) is 2.56. The number of aromatic nitrogens is 2. The molecule has 0 bridgehead atoms. The number of fused-ring (bicyclic) bond motifs is 1. The fourth-order valence-corrected chi connectivity index (χ4v) is 3.19. The van der Waals surface area contributed by atoms with Crippen LogP contribution in [0.3, 0.4) is 0 Å². The highest BCUT2D eigenvalue weighted by Gasteiger charge is 2.21. The van der Waals surface area contributed by atoms with Gasteiger partial charge in [-0.3, -0.25) is 0 Å². The van der Waals surface area contributed by atoms with E-state index < -0.39 is 0 Å². The predicted molar refractivity (Wildman–Crippen MR) is 73.0 cm³/mol. The summed E-state index contributed by atoms with van der Waals surface area (Å²) in [4.78, 5) is 0. The summed E-state index contributed by atoms with van der Waals surface area (Å²) in [6.45, 7) is 0. The first kappa shape index (κ1) is 11.3. The van der Waals surface area contributed by atoms with E-state index >= 15 is 0 Å². The van der Waals surface area contributed by atoms with Crippen molar-refractivity contribution in [3.8, 4) is 5.69 Å². The van der Waals surface area contributed by atoms with Crippen molar-refractivity contribution in [3.63, 3.8) is 0 Å². The molecule has 0 fully saturated rings. The minimum Gasteiger partial charge on any atom is -0.383 e. The lowest BCUT2D eigenvalue weighted by atomic mass is 10.3. The van der Waals surface area contributed by atoms with Crippen LogP contribution in [-0.4, -0.2) is 9.78 Å². The average Bonchev–Trinajstić information content (AvgIpc) is 2.86. The third-order valence-electron chi connectivity index (χ3n) is 2.74. The Morgan fingerprint density at radius 2 is 2.06 bits per heavy atom. The highest BCUT2D eigenvalue weighted by Crippen LogP contribution is 2.35. The SMILES string of the molecule is Nc1c2c(nn1-c1ccc(Cl)c(Cl)c1)CSC2. The topological polar surface area (TPSA) is 43.8 Å². The van der Waals surface area contributed by atoms with Gasteiger partial charge in [0.2, 0.25) is 0 Å². The van der Waals surface area contributed by atoms with E-state index in [0.29, 0.717) is 15.9 Å². The van der Waals surface area contributed by atoms with Crippen LogP contribution in [-0.2, 0) is 11.5 Å². The van der Waals surface area contributed by atoms with Crippen LogP contribution < -0.4 is 5.73 Å². The van der Waals surface area contributed by atoms with Crippen LogP contribution in [0.2, 0.25) is 10.0 Å². The lowest BCUT2D eigenvalue weighted by Crippen LogP contribution is -2.03. The highest BCUT2D eigenvalue weighted by molar-refractivity contribution is 7.98. The Kier molecular flexibility index (Phi) is 2.73. The van der Waals surface area contributed by atoms with Crippen molar-refractivity contribution in [2.75, 3.05) is 5.73 Å². The number of anilines is 1. The fraction of sp³-hybridized carbons (Fsp3) is 0.182. The van der Waals surface area contributed by atoms with E-state index in [1.165, 1.54) is 0 Å². The van der Waals surface area contributed by atoms with Gasteiger partial charge in [0.15, 0.2) is 0 Å². The second-order valence-corrected chi connectivity index (χ2v) is 5.61. The Morgan fingerprint density at radius 3 is 2.76 bits per heavy atom. The monoisotopic (exact) mass is 285 g/mol. The van der Waals surface area contributed by atoms with Crippen LogP contribution in [0.5, 0.6) is 0 Å². The third kappa shape index (κ3) is 1.80. The van der Waals surface area contributed by atoms with E-state index in [9.17, 15) is 0 Å². The van der Waals surface area contributed by atoms with Gasteiger partial charge in [0.1, 0.15) is 5.82 Å². The molecule has 17 heavy (non-hydrogen) atoms. The van der Waals surface area contributed by atoms with Crippen LogP contribution in [0.15, 0.2) is 18.2 Å². The van der Waals surface area contributed by atoms with E-state index in [2.05, 4.69) is 5.10 Å². The number of rotatable bonds is 1. The Hall–Kier alpha value is -0.840. The van der Waals surface area contributed by atoms with E-state index in [1.807, 2.05) is 17.8 Å². The summed E-state index contributed by atoms with van der Waals surface area (Å²) < 4.78 is 1.73. The second kappa shape index (κ2) is 4.12. The summed E-state index contributed by atoms with van der Waals surface area (Å²) in [6, 6.07) is 5.38. The number of nitrogen functional groups attached to an aromatic ring is 1. The van der Waals surface area contributed by atoms with Gasteiger partial charge in [0, 0.05) is 17.1 Å². The minimum atomic E-state index is 0.508. The number of thioether (sulfide) groups is 1. The van der Waals surface area contributed by atoms with Crippen molar-refractivity contribution in [3.05, 3.63) is 39.5 Å². The number of halogens is 2. The van der Waals surface area contributed by atoms with Crippen molar-refractivity contribution >= 4 is 40.8 Å². The maximum atomic E-state index is 6.09. The van der Waals surface area contributed by atoms with Gasteiger partial charge in [-0.25, -0.2) is 4.68 Å². The summed E-state index contributed by atoms with van der Waals surface area (Å²) in [5, 5.41) is 5.54. The Balaban J connectivity index is 2.12. The van der Waals surface area contributed by atoms with Crippen LogP contribution in [0.25, 0.3) is 5.69 Å². The average molecular weight is 286 g/mol. The minimum absolute atomic E-state index is 0.508. The van der Waals surface area contributed by atoms with E-state index in [-0.39, 0.29) is 0 Å². The smallest absolute Gasteiger partial charge is 0.131 e. The molecule has 3 nitrogen and oxygen atoms in total. The molecule has 0 saturated heterocycles. The lowest BCUT2D eigenvalue weighted by molar-refractivity contribution is 0.869. The predicted octanol–water partition coefficient (Wildman–Crippen LogP) is 3.51. The van der Waals surface area contributed by atoms with Gasteiger partial charge in [-0.2, -0.15) is 16.9 Å². The molecule has 1 aliphatic heterocycles. The highest BCUT2D eigenvalue weighted by atomic mass is 35.5. The molecule has 2 heterocycles. The lowest BCUT2D eigenvalue weighted by Gasteiger charge is -2.06. The quantitative estimate of drug-likeness (QED) is 0.872. The summed E-state index contributed by atoms with van der Waals surface area (Å²) in [7, 11) is 0. The van der Waals surface area contributed by atoms with Crippen LogP contribution in [0, 0.1) is 0 Å². The third-order valence-corrected chi connectivity index (χ3v) is 4.45. The number of nitrogens with two attached hydrogens (primary N) is 1. The molecule has 2 aromatic rings. The van der Waals surface area contributed by atoms with Gasteiger partial charge in [-0.05, 0) is 18.2 Å². The number of hydrogen-bond acceptors (Lipinski definition) is 3. The zero-order valence-corrected chi connectivity index (χ0v) is 11.1. The van der Waals surface area contributed by atoms with Gasteiger partial charge in [-0.1, -0.05) is 23.2 Å². The summed E-state index contributed by atoms with van der Waals surface area (Å²) in [5.41, 5.74) is 9.14. The molecule has 0 amide bonds. The zero-order chi connectivity index (χ0) is 12.0. The molecule has 1 aliphatic rings. The maximum absolute atomic E-state index is 6.09. The first-order valence-electron chi connectivity index (χ1n) is 5.06. The molecule has 0 unspecified atom stereocenters. The molecule has 0 radical (unpaired) electrons. The molecule has 3 rings (SSSR count). The summed E-state index contributed by atoms with van der Waals surface area (Å²) in [6.07, 6.45) is 0. The maximum Gasteiger partial charge on any atom is 0.131 e. The fourth-order valence-electron chi connectivity index (χ4n) is 1.85. The molecule has 6 heteroatoms. The molecule has 1 aromatic heterocycles. The van der Waals surface area contributed by atoms with Gasteiger partial charge in [0.05, 0.1) is 21.4 Å². The Bertz CT molecular complexity index is 595. The Labute approximate surface area is 113 Å². The van der Waals surface area contributed by atoms with Crippen molar-refractivity contribution < 1.29 is 0 Å². The standard InChI is InChI=1S/C11H9Cl2N3S/c12-8-2-1-6(3-9(8)13)16-11(14)7-4-17-5-10(7)15-16/h1-3H,4-5,14H2. The number of hydrogen-bond donors (Lipinski definition) is 1. The molecule has 0 aliphatic carbocycles. The molecule has 1 aromatic carbocycles. The molecule has 2 N–H and O–H groups in total. The molecule has 0 spiro atoms. The Morgan fingerprint density at radius 1 is 1.24 bits per heavy atom. The second-order valence-electron chi connectivity index (χ2n) is 3.81. The van der Waals surface area contributed by atoms with Crippen molar-refractivity contribution in [2.24, 2.45) is 0 Å². The summed E-state index contributed by atoms with van der Waals surface area (Å²) >= 11 is 13.7. The van der Waals surface area contributed by atoms with Crippen LogP contribution >= 0.6 is 35.0 Å². The van der Waals surface area contributed by atoms with Crippen molar-refractivity contribution in [1.82, 2.24) is 9.78 Å². The molecule has 0 atom stereocenters. The molecular formula is C11H9Cl2N3S. The molecule has 88 valence electrons. The van der Waals surface area contributed by atoms with Gasteiger partial charge in [0.25, 0.3) is 0 Å². The molecular weight excluding hydrogens is 277 g/mol. The number of benzene rings is 1. The van der Waals surface area contributed by atoms with Crippen molar-refractivity contribution in [1.29, 1.82) is 0 Å². The van der Waals surface area contributed by atoms with Gasteiger partial charge in [-0.15, -0.1) is 0 Å². The van der Waals surface area contributed by atoms with E-state index in [4.69, 9.17) is 28.9 Å². The van der Waals surface area contributed by atoms with Gasteiger partial charge < -0.3 is 5.73 Å². The first-order valence-corrected chi connectivity index (χ1v) is 6.97.